The molecular formula is C21H18ClFN4O2. The molecule has 0 bridgehead atoms. The van der Waals surface area contributed by atoms with Crippen molar-refractivity contribution in [1.29, 1.82) is 0 Å². The molecule has 0 fully saturated rings. The van der Waals surface area contributed by atoms with Crippen LogP contribution >= 0.6 is 11.6 Å². The number of halogens is 2. The van der Waals surface area contributed by atoms with E-state index >= 15 is 0 Å². The first kappa shape index (κ1) is 20.3. The van der Waals surface area contributed by atoms with Crippen LogP contribution in [0, 0.1) is 5.82 Å². The van der Waals surface area contributed by atoms with Crippen molar-refractivity contribution in [2.75, 3.05) is 17.7 Å². The molecule has 29 heavy (non-hydrogen) atoms. The largest absolute Gasteiger partial charge is 0.495 e. The van der Waals surface area contributed by atoms with Crippen LogP contribution in [0.15, 0.2) is 61.3 Å². The zero-order chi connectivity index (χ0) is 20.8. The summed E-state index contributed by atoms with van der Waals surface area (Å²) >= 11 is 6.02. The normalized spacial score (nSPS) is 10.3. The molecule has 6 nitrogen and oxygen atoms in total. The van der Waals surface area contributed by atoms with Crippen molar-refractivity contribution in [2.24, 2.45) is 0 Å². The van der Waals surface area contributed by atoms with E-state index < -0.39 is 5.82 Å². The molecule has 0 radical (unpaired) electrons. The number of methoxy groups -OCH3 is 1. The summed E-state index contributed by atoms with van der Waals surface area (Å²) in [5.41, 5.74) is 2.01. The number of ketones is 1. The lowest BCUT2D eigenvalue weighted by Gasteiger charge is -2.11. The summed E-state index contributed by atoms with van der Waals surface area (Å²) in [5, 5.41) is 6.36. The van der Waals surface area contributed by atoms with E-state index in [4.69, 9.17) is 16.3 Å². The molecule has 0 unspecified atom stereocenters. The van der Waals surface area contributed by atoms with Gasteiger partial charge in [-0.05, 0) is 35.9 Å². The molecule has 0 saturated heterocycles. The van der Waals surface area contributed by atoms with Crippen molar-refractivity contribution in [3.63, 3.8) is 0 Å². The van der Waals surface area contributed by atoms with Gasteiger partial charge in [-0.25, -0.2) is 9.37 Å². The van der Waals surface area contributed by atoms with Gasteiger partial charge in [-0.2, -0.15) is 4.98 Å². The second kappa shape index (κ2) is 9.16. The number of anilines is 4. The molecule has 0 amide bonds. The van der Waals surface area contributed by atoms with E-state index in [-0.39, 0.29) is 24.0 Å². The topological polar surface area (TPSA) is 76.1 Å². The lowest BCUT2D eigenvalue weighted by molar-refractivity contribution is -0.114. The fourth-order valence-corrected chi connectivity index (χ4v) is 2.75. The van der Waals surface area contributed by atoms with E-state index in [2.05, 4.69) is 27.2 Å². The van der Waals surface area contributed by atoms with Gasteiger partial charge in [0.25, 0.3) is 0 Å². The second-order valence-electron chi connectivity index (χ2n) is 6.04. The highest BCUT2D eigenvalue weighted by atomic mass is 35.5. The standard InChI is InChI=1S/C21H18ClFN4O2/c1-3-16(28)10-13-5-4-6-14(9-13)25-20-18(23)12-24-21(27-20)26-15-7-8-17(22)19(11-15)29-2/h3-9,11-12H,1,10H2,2H3,(H2,24,25,26,27). The van der Waals surface area contributed by atoms with E-state index in [9.17, 15) is 9.18 Å². The number of ether oxygens (including phenoxy) is 1. The van der Waals surface area contributed by atoms with Gasteiger partial charge >= 0.3 is 0 Å². The number of aromatic nitrogens is 2. The number of nitrogens with one attached hydrogen (secondary N) is 2. The summed E-state index contributed by atoms with van der Waals surface area (Å²) in [7, 11) is 1.51. The number of allylic oxidation sites excluding steroid dienone is 1. The molecule has 1 heterocycles. The van der Waals surface area contributed by atoms with Gasteiger partial charge in [0.05, 0.1) is 18.3 Å². The average molecular weight is 413 g/mol. The van der Waals surface area contributed by atoms with E-state index in [1.54, 1.807) is 36.4 Å². The average Bonchev–Trinajstić information content (AvgIpc) is 2.72. The van der Waals surface area contributed by atoms with Gasteiger partial charge in [0, 0.05) is 23.9 Å². The number of hydrogen-bond acceptors (Lipinski definition) is 6. The third kappa shape index (κ3) is 5.30. The minimum absolute atomic E-state index is 0.00405. The van der Waals surface area contributed by atoms with Crippen molar-refractivity contribution in [1.82, 2.24) is 9.97 Å². The number of carbonyl (C=O) groups is 1. The Morgan fingerprint density at radius 3 is 2.79 bits per heavy atom. The first-order chi connectivity index (χ1) is 14.0. The summed E-state index contributed by atoms with van der Waals surface area (Å²) < 4.78 is 19.4. The van der Waals surface area contributed by atoms with Crippen LogP contribution in [0.4, 0.5) is 27.5 Å². The maximum atomic E-state index is 14.2. The predicted octanol–water partition coefficient (Wildman–Crippen LogP) is 5.06. The molecule has 0 aliphatic heterocycles. The Hall–Kier alpha value is -3.45. The molecule has 0 spiro atoms. The summed E-state index contributed by atoms with van der Waals surface area (Å²) in [4.78, 5) is 19.7. The number of carbonyl (C=O) groups excluding carboxylic acids is 1. The predicted molar refractivity (Wildman–Crippen MR) is 112 cm³/mol. The summed E-state index contributed by atoms with van der Waals surface area (Å²) in [6.07, 6.45) is 2.56. The zero-order valence-corrected chi connectivity index (χ0v) is 16.3. The number of rotatable bonds is 8. The number of hydrogen-bond donors (Lipinski definition) is 2. The Kier molecular flexibility index (Phi) is 6.41. The van der Waals surface area contributed by atoms with Crippen LogP contribution in [-0.2, 0) is 11.2 Å². The molecule has 2 N–H and O–H groups in total. The van der Waals surface area contributed by atoms with Crippen LogP contribution in [0.2, 0.25) is 5.02 Å². The number of nitrogens with zero attached hydrogens (tertiary/aromatic N) is 2. The highest BCUT2D eigenvalue weighted by molar-refractivity contribution is 6.32. The van der Waals surface area contributed by atoms with Crippen LogP contribution < -0.4 is 15.4 Å². The lowest BCUT2D eigenvalue weighted by atomic mass is 10.1. The van der Waals surface area contributed by atoms with Crippen molar-refractivity contribution < 1.29 is 13.9 Å². The quantitative estimate of drug-likeness (QED) is 0.503. The fraction of sp³-hybridized carbons (Fsp3) is 0.0952. The molecule has 8 heteroatoms. The number of benzene rings is 2. The van der Waals surface area contributed by atoms with Crippen LogP contribution in [0.3, 0.4) is 0 Å². The zero-order valence-electron chi connectivity index (χ0n) is 15.6. The molecule has 2 aromatic carbocycles. The smallest absolute Gasteiger partial charge is 0.229 e. The Balaban J connectivity index is 1.80. The highest BCUT2D eigenvalue weighted by Crippen LogP contribution is 2.29. The van der Waals surface area contributed by atoms with Crippen molar-refractivity contribution in [3.05, 3.63) is 77.7 Å². The Labute approximate surface area is 172 Å². The van der Waals surface area contributed by atoms with Gasteiger partial charge in [-0.15, -0.1) is 0 Å². The molecule has 3 rings (SSSR count). The van der Waals surface area contributed by atoms with Gasteiger partial charge in [0.15, 0.2) is 17.4 Å². The Bertz CT molecular complexity index is 1060. The molecule has 0 saturated carbocycles. The van der Waals surface area contributed by atoms with Crippen LogP contribution in [0.25, 0.3) is 0 Å². The van der Waals surface area contributed by atoms with Gasteiger partial charge < -0.3 is 15.4 Å². The van der Waals surface area contributed by atoms with Crippen molar-refractivity contribution >= 4 is 40.5 Å². The molecule has 148 valence electrons. The molecule has 0 aliphatic rings. The fourth-order valence-electron chi connectivity index (χ4n) is 2.55. The Morgan fingerprint density at radius 2 is 2.03 bits per heavy atom. The van der Waals surface area contributed by atoms with Gasteiger partial charge in [-0.1, -0.05) is 30.3 Å². The summed E-state index contributed by atoms with van der Waals surface area (Å²) in [5.74, 6) is -0.0352. The van der Waals surface area contributed by atoms with Gasteiger partial charge in [0.2, 0.25) is 5.95 Å². The Morgan fingerprint density at radius 1 is 1.24 bits per heavy atom. The maximum absolute atomic E-state index is 14.2. The summed E-state index contributed by atoms with van der Waals surface area (Å²) in [6, 6.07) is 12.2. The molecular weight excluding hydrogens is 395 g/mol. The van der Waals surface area contributed by atoms with E-state index in [0.29, 0.717) is 22.1 Å². The van der Waals surface area contributed by atoms with Crippen molar-refractivity contribution in [3.8, 4) is 5.75 Å². The lowest BCUT2D eigenvalue weighted by Crippen LogP contribution is -2.04. The van der Waals surface area contributed by atoms with Gasteiger partial charge in [0.1, 0.15) is 5.75 Å². The SMILES string of the molecule is C=CC(=O)Cc1cccc(Nc2nc(Nc3ccc(Cl)c(OC)c3)ncc2F)c1. The first-order valence-electron chi connectivity index (χ1n) is 8.63. The van der Waals surface area contributed by atoms with E-state index in [1.807, 2.05) is 6.07 Å². The maximum Gasteiger partial charge on any atom is 0.229 e. The first-order valence-corrected chi connectivity index (χ1v) is 9.00. The van der Waals surface area contributed by atoms with Crippen LogP contribution in [0.5, 0.6) is 5.75 Å². The minimum atomic E-state index is -0.614. The minimum Gasteiger partial charge on any atom is -0.495 e. The highest BCUT2D eigenvalue weighted by Gasteiger charge is 2.10. The second-order valence-corrected chi connectivity index (χ2v) is 6.44. The third-order valence-corrected chi connectivity index (χ3v) is 4.26. The van der Waals surface area contributed by atoms with E-state index in [1.165, 1.54) is 13.2 Å². The van der Waals surface area contributed by atoms with Gasteiger partial charge in [-0.3, -0.25) is 4.79 Å². The van der Waals surface area contributed by atoms with E-state index in [0.717, 1.165) is 11.8 Å². The molecule has 3 aromatic rings. The monoisotopic (exact) mass is 412 g/mol. The molecule has 1 aromatic heterocycles. The van der Waals surface area contributed by atoms with Crippen LogP contribution in [0.1, 0.15) is 5.56 Å². The third-order valence-electron chi connectivity index (χ3n) is 3.95. The van der Waals surface area contributed by atoms with Crippen molar-refractivity contribution in [2.45, 2.75) is 6.42 Å². The van der Waals surface area contributed by atoms with Crippen LogP contribution in [-0.4, -0.2) is 22.9 Å². The summed E-state index contributed by atoms with van der Waals surface area (Å²) in [6.45, 7) is 3.46. The molecule has 0 atom stereocenters. The molecule has 0 aliphatic carbocycles.